The predicted octanol–water partition coefficient (Wildman–Crippen LogP) is 1.52. The number of rotatable bonds is 10. The average molecular weight is 344 g/mol. The first kappa shape index (κ1) is 18.3. The van der Waals surface area contributed by atoms with E-state index in [0.29, 0.717) is 36.7 Å². The summed E-state index contributed by atoms with van der Waals surface area (Å²) in [6.45, 7) is 0.966. The second-order valence-electron chi connectivity index (χ2n) is 5.08. The van der Waals surface area contributed by atoms with E-state index in [1.807, 2.05) is 6.07 Å². The monoisotopic (exact) mass is 344 g/mol. The molecule has 1 aromatic heterocycles. The third-order valence-corrected chi connectivity index (χ3v) is 3.37. The molecule has 1 aromatic carbocycles. The van der Waals surface area contributed by atoms with Crippen molar-refractivity contribution in [2.75, 3.05) is 37.6 Å². The van der Waals surface area contributed by atoms with Crippen molar-refractivity contribution in [1.29, 1.82) is 0 Å². The van der Waals surface area contributed by atoms with Crippen LogP contribution in [0.5, 0.6) is 6.01 Å². The second kappa shape index (κ2) is 9.33. The number of nitrogens with zero attached hydrogens (tertiary/aromatic N) is 3. The van der Waals surface area contributed by atoms with Gasteiger partial charge in [0.05, 0.1) is 25.0 Å². The highest BCUT2D eigenvalue weighted by Crippen LogP contribution is 2.25. The Balaban J connectivity index is 2.25. The van der Waals surface area contributed by atoms with Gasteiger partial charge in [0, 0.05) is 19.7 Å². The van der Waals surface area contributed by atoms with Crippen LogP contribution in [0.3, 0.4) is 0 Å². The maximum absolute atomic E-state index is 11.6. The lowest BCUT2D eigenvalue weighted by Gasteiger charge is -2.20. The van der Waals surface area contributed by atoms with Gasteiger partial charge in [0.25, 0.3) is 0 Å². The molecular formula is C17H20N4O4. The lowest BCUT2D eigenvalue weighted by molar-refractivity contribution is -0.107. The molecule has 0 bridgehead atoms. The van der Waals surface area contributed by atoms with Crippen molar-refractivity contribution >= 4 is 24.2 Å². The van der Waals surface area contributed by atoms with Gasteiger partial charge in [-0.15, -0.1) is 0 Å². The van der Waals surface area contributed by atoms with E-state index >= 15 is 0 Å². The number of carbonyl (C=O) groups is 2. The average Bonchev–Trinajstić information content (AvgIpc) is 2.66. The van der Waals surface area contributed by atoms with Gasteiger partial charge in [0.2, 0.25) is 6.41 Å². The van der Waals surface area contributed by atoms with Crippen LogP contribution >= 0.6 is 0 Å². The largest absolute Gasteiger partial charge is 0.461 e. The fourth-order valence-electron chi connectivity index (χ4n) is 2.16. The van der Waals surface area contributed by atoms with Crippen LogP contribution in [0.1, 0.15) is 15.9 Å². The van der Waals surface area contributed by atoms with E-state index in [0.717, 1.165) is 11.8 Å². The minimum atomic E-state index is 0.152. The summed E-state index contributed by atoms with van der Waals surface area (Å²) in [7, 11) is 3.28. The predicted molar refractivity (Wildman–Crippen MR) is 93.0 cm³/mol. The summed E-state index contributed by atoms with van der Waals surface area (Å²) < 4.78 is 10.3. The van der Waals surface area contributed by atoms with Crippen LogP contribution < -0.4 is 15.0 Å². The van der Waals surface area contributed by atoms with Crippen LogP contribution in [0.25, 0.3) is 0 Å². The molecule has 0 saturated carbocycles. The molecule has 1 heterocycles. The molecule has 1 amide bonds. The van der Waals surface area contributed by atoms with Crippen LogP contribution in [0, 0.1) is 0 Å². The van der Waals surface area contributed by atoms with Gasteiger partial charge in [0.1, 0.15) is 12.9 Å². The van der Waals surface area contributed by atoms with Crippen molar-refractivity contribution in [1.82, 2.24) is 9.97 Å². The van der Waals surface area contributed by atoms with Gasteiger partial charge in [-0.05, 0) is 11.6 Å². The van der Waals surface area contributed by atoms with Crippen molar-refractivity contribution in [2.24, 2.45) is 0 Å². The summed E-state index contributed by atoms with van der Waals surface area (Å²) in [6, 6.07) is 7.17. The van der Waals surface area contributed by atoms with Crippen molar-refractivity contribution in [3.05, 3.63) is 41.6 Å². The first-order valence-corrected chi connectivity index (χ1v) is 7.64. The van der Waals surface area contributed by atoms with E-state index in [2.05, 4.69) is 15.3 Å². The van der Waals surface area contributed by atoms with E-state index in [1.165, 1.54) is 4.90 Å². The highest BCUT2D eigenvalue weighted by atomic mass is 16.5. The number of aldehydes is 1. The molecule has 8 nitrogen and oxygen atoms in total. The fourth-order valence-corrected chi connectivity index (χ4v) is 2.16. The Morgan fingerprint density at radius 1 is 1.28 bits per heavy atom. The van der Waals surface area contributed by atoms with Gasteiger partial charge >= 0.3 is 6.01 Å². The Kier molecular flexibility index (Phi) is 6.85. The maximum Gasteiger partial charge on any atom is 0.318 e. The molecule has 8 heteroatoms. The van der Waals surface area contributed by atoms with Crippen LogP contribution in [-0.4, -0.2) is 50.0 Å². The Bertz CT molecular complexity index is 724. The highest BCUT2D eigenvalue weighted by Gasteiger charge is 2.15. The smallest absolute Gasteiger partial charge is 0.318 e. The van der Waals surface area contributed by atoms with Gasteiger partial charge in [-0.25, -0.2) is 4.98 Å². The fraction of sp³-hybridized carbons (Fsp3) is 0.294. The molecule has 0 fully saturated rings. The van der Waals surface area contributed by atoms with Gasteiger partial charge in [0.15, 0.2) is 5.82 Å². The number of aromatic nitrogens is 2. The zero-order valence-electron chi connectivity index (χ0n) is 14.1. The van der Waals surface area contributed by atoms with Crippen molar-refractivity contribution in [3.63, 3.8) is 0 Å². The number of hydrogen-bond donors (Lipinski definition) is 1. The first-order chi connectivity index (χ1) is 12.2. The third-order valence-electron chi connectivity index (χ3n) is 3.37. The molecule has 2 aromatic rings. The van der Waals surface area contributed by atoms with Crippen LogP contribution in [-0.2, 0) is 16.1 Å². The zero-order chi connectivity index (χ0) is 18.1. The van der Waals surface area contributed by atoms with E-state index in [9.17, 15) is 9.59 Å². The van der Waals surface area contributed by atoms with Crippen molar-refractivity contribution < 1.29 is 19.1 Å². The van der Waals surface area contributed by atoms with Crippen LogP contribution in [0.15, 0.2) is 30.5 Å². The number of amides is 1. The molecule has 0 saturated heterocycles. The number of benzene rings is 1. The maximum atomic E-state index is 11.6. The van der Waals surface area contributed by atoms with E-state index in [4.69, 9.17) is 9.47 Å². The lowest BCUT2D eigenvalue weighted by atomic mass is 10.1. The van der Waals surface area contributed by atoms with Gasteiger partial charge in [-0.3, -0.25) is 14.5 Å². The van der Waals surface area contributed by atoms with Crippen LogP contribution in [0.2, 0.25) is 0 Å². The third kappa shape index (κ3) is 4.98. The molecule has 1 N–H and O–H groups in total. The van der Waals surface area contributed by atoms with E-state index < -0.39 is 0 Å². The topological polar surface area (TPSA) is 93.7 Å². The van der Waals surface area contributed by atoms with Gasteiger partial charge in [-0.2, -0.15) is 4.98 Å². The molecule has 132 valence electrons. The molecular weight excluding hydrogens is 324 g/mol. The Morgan fingerprint density at radius 2 is 2.12 bits per heavy atom. The Morgan fingerprint density at radius 3 is 2.80 bits per heavy atom. The van der Waals surface area contributed by atoms with E-state index in [1.54, 1.807) is 38.6 Å². The number of nitrogens with one attached hydrogen (secondary N) is 1. The molecule has 25 heavy (non-hydrogen) atoms. The quantitative estimate of drug-likeness (QED) is 0.516. The molecule has 0 aliphatic rings. The molecule has 0 aliphatic carbocycles. The summed E-state index contributed by atoms with van der Waals surface area (Å²) in [6.07, 6.45) is 2.98. The van der Waals surface area contributed by atoms with Crippen molar-refractivity contribution in [2.45, 2.75) is 6.54 Å². The summed E-state index contributed by atoms with van der Waals surface area (Å²) in [5.41, 5.74) is 1.93. The number of anilines is 2. The SMILES string of the molecule is CNc1cnc(OCCOC)nc1N(C=O)Cc1cccc(C=O)c1. The zero-order valence-corrected chi connectivity index (χ0v) is 14.1. The number of hydrogen-bond acceptors (Lipinski definition) is 7. The van der Waals surface area contributed by atoms with Crippen molar-refractivity contribution in [3.8, 4) is 6.01 Å². The van der Waals surface area contributed by atoms with Gasteiger partial charge < -0.3 is 14.8 Å². The number of methoxy groups -OCH3 is 1. The van der Waals surface area contributed by atoms with Crippen LogP contribution in [0.4, 0.5) is 11.5 Å². The Hall–Kier alpha value is -3.00. The highest BCUT2D eigenvalue weighted by molar-refractivity contribution is 5.81. The summed E-state index contributed by atoms with van der Waals surface area (Å²) >= 11 is 0. The number of ether oxygens (including phenoxy) is 2. The van der Waals surface area contributed by atoms with E-state index in [-0.39, 0.29) is 12.6 Å². The normalized spacial score (nSPS) is 10.2. The molecule has 0 atom stereocenters. The molecule has 0 unspecified atom stereocenters. The summed E-state index contributed by atoms with van der Waals surface area (Å²) in [5.74, 6) is 0.386. The summed E-state index contributed by atoms with van der Waals surface area (Å²) in [5, 5.41) is 2.95. The molecule has 2 rings (SSSR count). The molecule has 0 radical (unpaired) electrons. The second-order valence-corrected chi connectivity index (χ2v) is 5.08. The molecule has 0 aliphatic heterocycles. The lowest BCUT2D eigenvalue weighted by Crippen LogP contribution is -2.23. The minimum absolute atomic E-state index is 0.152. The number of carbonyl (C=O) groups excluding carboxylic acids is 2. The molecule has 0 spiro atoms. The first-order valence-electron chi connectivity index (χ1n) is 7.64. The van der Waals surface area contributed by atoms with Gasteiger partial charge in [-0.1, -0.05) is 18.2 Å². The standard InChI is InChI=1S/C17H20N4O4/c1-18-15-9-19-17(25-7-6-24-2)20-16(15)21(12-23)10-13-4-3-5-14(8-13)11-22/h3-5,8-9,11-12,18H,6-7,10H2,1-2H3. The summed E-state index contributed by atoms with van der Waals surface area (Å²) in [4.78, 5) is 32.3. The Labute approximate surface area is 145 Å². The minimum Gasteiger partial charge on any atom is -0.461 e.